The Kier molecular flexibility index (Phi) is 7.33. The van der Waals surface area contributed by atoms with Crippen LogP contribution in [0.2, 0.25) is 0 Å². The van der Waals surface area contributed by atoms with E-state index in [1.54, 1.807) is 0 Å². The van der Waals surface area contributed by atoms with Crippen molar-refractivity contribution in [3.63, 3.8) is 0 Å². The van der Waals surface area contributed by atoms with Crippen LogP contribution in [0.3, 0.4) is 0 Å². The highest BCUT2D eigenvalue weighted by Crippen LogP contribution is 2.34. The van der Waals surface area contributed by atoms with Crippen molar-refractivity contribution < 1.29 is 14.3 Å². The molecule has 1 aliphatic rings. The first-order valence-corrected chi connectivity index (χ1v) is 12.4. The number of H-pyrrole nitrogens is 1. The normalized spacial score (nSPS) is 16.3. The number of hydrogen-bond acceptors (Lipinski definition) is 5. The van der Waals surface area contributed by atoms with Crippen molar-refractivity contribution in [2.75, 3.05) is 19.4 Å². The molecule has 4 rings (SSSR count). The van der Waals surface area contributed by atoms with Crippen LogP contribution in [0.1, 0.15) is 49.7 Å². The fraction of sp³-hybridized carbons (Fsp3) is 0.393. The second-order valence-corrected chi connectivity index (χ2v) is 9.83. The molecule has 8 heteroatoms. The molecule has 2 heterocycles. The number of alkyl carbamates (subject to hydrolysis) is 1. The largest absolute Gasteiger partial charge is 0.453 e. The lowest BCUT2D eigenvalue weighted by Gasteiger charge is -2.30. The summed E-state index contributed by atoms with van der Waals surface area (Å²) >= 11 is 0. The second-order valence-electron chi connectivity index (χ2n) is 9.83. The highest BCUT2D eigenvalue weighted by molar-refractivity contribution is 5.86. The molecule has 1 aromatic heterocycles. The Hall–Kier alpha value is -3.81. The molecule has 2 atom stereocenters. The van der Waals surface area contributed by atoms with Crippen LogP contribution in [0.4, 0.5) is 10.5 Å². The maximum Gasteiger partial charge on any atom is 0.407 e. The number of hydrogen-bond donors (Lipinski definition) is 3. The first kappa shape index (κ1) is 25.3. The molecule has 190 valence electrons. The molecule has 0 spiro atoms. The Bertz CT molecular complexity index is 1270. The van der Waals surface area contributed by atoms with E-state index >= 15 is 0 Å². The van der Waals surface area contributed by atoms with Crippen LogP contribution in [0.25, 0.3) is 22.4 Å². The van der Waals surface area contributed by atoms with Crippen LogP contribution in [-0.4, -0.2) is 46.6 Å². The SMILES string of the molecule is COC(=O)NC(C(=O)N1CCCC1c1ncc(-c2ccc(-c3ccc(N)cc3C)c(C)c2)[nH]1)C(C)C. The van der Waals surface area contributed by atoms with Crippen molar-refractivity contribution in [1.82, 2.24) is 20.2 Å². The summed E-state index contributed by atoms with van der Waals surface area (Å²) in [7, 11) is 1.30. The molecule has 2 amide bonds. The number of nitrogens with two attached hydrogens (primary N) is 1. The lowest BCUT2D eigenvalue weighted by Crippen LogP contribution is -2.51. The Morgan fingerprint density at radius 1 is 1.14 bits per heavy atom. The summed E-state index contributed by atoms with van der Waals surface area (Å²) in [5.74, 6) is 0.568. The minimum Gasteiger partial charge on any atom is -0.453 e. The third kappa shape index (κ3) is 5.08. The van der Waals surface area contributed by atoms with Gasteiger partial charge in [0.2, 0.25) is 5.91 Å². The standard InChI is InChI=1S/C28H35N5O3/c1-16(2)25(32-28(35)36-5)27(34)33-12-6-7-24(33)26-30-15-23(31-26)19-8-10-21(17(3)13-19)22-11-9-20(29)14-18(22)4/h8-11,13-16,24-25H,6-7,12,29H2,1-5H3,(H,30,31)(H,32,35). The number of rotatable bonds is 6. The van der Waals surface area contributed by atoms with E-state index in [9.17, 15) is 9.59 Å². The van der Waals surface area contributed by atoms with Crippen molar-refractivity contribution in [1.29, 1.82) is 0 Å². The van der Waals surface area contributed by atoms with E-state index in [1.807, 2.05) is 37.1 Å². The number of aromatic amines is 1. The molecule has 0 bridgehead atoms. The molecule has 36 heavy (non-hydrogen) atoms. The quantitative estimate of drug-likeness (QED) is 0.422. The zero-order valence-corrected chi connectivity index (χ0v) is 21.6. The molecular weight excluding hydrogens is 454 g/mol. The summed E-state index contributed by atoms with van der Waals surface area (Å²) in [5.41, 5.74) is 13.3. The van der Waals surface area contributed by atoms with Gasteiger partial charge in [0.25, 0.3) is 0 Å². The van der Waals surface area contributed by atoms with Crippen molar-refractivity contribution in [3.8, 4) is 22.4 Å². The van der Waals surface area contributed by atoms with Gasteiger partial charge in [-0.05, 0) is 78.6 Å². The number of nitrogens with one attached hydrogen (secondary N) is 2. The van der Waals surface area contributed by atoms with Gasteiger partial charge in [0, 0.05) is 12.2 Å². The third-order valence-corrected chi connectivity index (χ3v) is 6.92. The van der Waals surface area contributed by atoms with Gasteiger partial charge >= 0.3 is 6.09 Å². The van der Waals surface area contributed by atoms with Crippen molar-refractivity contribution >= 4 is 17.7 Å². The minimum absolute atomic E-state index is 0.0730. The molecule has 8 nitrogen and oxygen atoms in total. The summed E-state index contributed by atoms with van der Waals surface area (Å²) in [5, 5.41) is 2.69. The predicted octanol–water partition coefficient (Wildman–Crippen LogP) is 4.99. The van der Waals surface area contributed by atoms with E-state index in [0.717, 1.165) is 46.7 Å². The van der Waals surface area contributed by atoms with E-state index in [2.05, 4.69) is 53.4 Å². The fourth-order valence-corrected chi connectivity index (χ4v) is 4.97. The molecule has 0 radical (unpaired) electrons. The van der Waals surface area contributed by atoms with E-state index < -0.39 is 12.1 Å². The average Bonchev–Trinajstić information content (AvgIpc) is 3.52. The van der Waals surface area contributed by atoms with Crippen molar-refractivity contribution in [2.45, 2.75) is 52.6 Å². The third-order valence-electron chi connectivity index (χ3n) is 6.92. The molecule has 1 saturated heterocycles. The number of imidazole rings is 1. The smallest absolute Gasteiger partial charge is 0.407 e. The van der Waals surface area contributed by atoms with Gasteiger partial charge in [0.05, 0.1) is 25.0 Å². The van der Waals surface area contributed by atoms with Gasteiger partial charge in [0.1, 0.15) is 11.9 Å². The molecule has 3 aromatic rings. The molecule has 0 aliphatic carbocycles. The van der Waals surface area contributed by atoms with Crippen LogP contribution in [-0.2, 0) is 9.53 Å². The van der Waals surface area contributed by atoms with Crippen molar-refractivity contribution in [2.24, 2.45) is 5.92 Å². The summed E-state index contributed by atoms with van der Waals surface area (Å²) in [4.78, 5) is 35.1. The van der Waals surface area contributed by atoms with Gasteiger partial charge in [-0.25, -0.2) is 9.78 Å². The highest BCUT2D eigenvalue weighted by Gasteiger charge is 2.37. The number of benzene rings is 2. The van der Waals surface area contributed by atoms with Crippen LogP contribution < -0.4 is 11.1 Å². The number of methoxy groups -OCH3 is 1. The number of likely N-dealkylation sites (tertiary alicyclic amines) is 1. The van der Waals surface area contributed by atoms with Gasteiger partial charge in [-0.1, -0.05) is 32.0 Å². The van der Waals surface area contributed by atoms with Gasteiger partial charge in [-0.15, -0.1) is 0 Å². The zero-order valence-electron chi connectivity index (χ0n) is 21.6. The lowest BCUT2D eigenvalue weighted by atomic mass is 9.94. The number of aromatic nitrogens is 2. The van der Waals surface area contributed by atoms with Crippen molar-refractivity contribution in [3.05, 3.63) is 59.5 Å². The van der Waals surface area contributed by atoms with E-state index in [4.69, 9.17) is 10.5 Å². The Morgan fingerprint density at radius 3 is 2.47 bits per heavy atom. The summed E-state index contributed by atoms with van der Waals surface area (Å²) in [6.45, 7) is 8.61. The first-order chi connectivity index (χ1) is 17.2. The Labute approximate surface area is 212 Å². The Balaban J connectivity index is 1.56. The van der Waals surface area contributed by atoms with Gasteiger partial charge in [-0.2, -0.15) is 0 Å². The average molecular weight is 490 g/mol. The first-order valence-electron chi connectivity index (χ1n) is 12.4. The number of amides is 2. The molecule has 4 N–H and O–H groups in total. The van der Waals surface area contributed by atoms with Crippen LogP contribution in [0.5, 0.6) is 0 Å². The summed E-state index contributed by atoms with van der Waals surface area (Å²) < 4.78 is 4.72. The van der Waals surface area contributed by atoms with E-state index in [0.29, 0.717) is 6.54 Å². The number of carbonyl (C=O) groups excluding carboxylic acids is 2. The van der Waals surface area contributed by atoms with Gasteiger partial charge < -0.3 is 25.7 Å². The van der Waals surface area contributed by atoms with E-state index in [1.165, 1.54) is 18.2 Å². The zero-order chi connectivity index (χ0) is 26.0. The number of carbonyl (C=O) groups is 2. The molecule has 2 aromatic carbocycles. The highest BCUT2D eigenvalue weighted by atomic mass is 16.5. The van der Waals surface area contributed by atoms with Gasteiger partial charge in [0.15, 0.2) is 0 Å². The predicted molar refractivity (Wildman–Crippen MR) is 141 cm³/mol. The minimum atomic E-state index is -0.653. The topological polar surface area (TPSA) is 113 Å². The number of nitrogens with zero attached hydrogens (tertiary/aromatic N) is 2. The lowest BCUT2D eigenvalue weighted by molar-refractivity contribution is -0.135. The van der Waals surface area contributed by atoms with Gasteiger partial charge in [-0.3, -0.25) is 4.79 Å². The molecule has 2 unspecified atom stereocenters. The maximum atomic E-state index is 13.4. The monoisotopic (exact) mass is 489 g/mol. The Morgan fingerprint density at radius 2 is 1.83 bits per heavy atom. The molecule has 1 aliphatic heterocycles. The maximum absolute atomic E-state index is 13.4. The molecule has 0 saturated carbocycles. The molecular formula is C28H35N5O3. The summed E-state index contributed by atoms with van der Waals surface area (Å²) in [6, 6.07) is 11.5. The number of ether oxygens (including phenoxy) is 1. The number of aryl methyl sites for hydroxylation is 2. The van der Waals surface area contributed by atoms with Crippen LogP contribution in [0.15, 0.2) is 42.6 Å². The van der Waals surface area contributed by atoms with Crippen LogP contribution >= 0.6 is 0 Å². The van der Waals surface area contributed by atoms with Crippen LogP contribution in [0, 0.1) is 19.8 Å². The summed E-state index contributed by atoms with van der Waals surface area (Å²) in [6.07, 6.45) is 2.91. The fourth-order valence-electron chi connectivity index (χ4n) is 4.97. The second kappa shape index (κ2) is 10.4. The number of anilines is 1. The number of nitrogen functional groups attached to an aromatic ring is 1. The molecule has 1 fully saturated rings. The van der Waals surface area contributed by atoms with E-state index in [-0.39, 0.29) is 17.9 Å².